The first kappa shape index (κ1) is 10.4. The normalized spacial score (nSPS) is 10.9. The number of H-pyrrole nitrogens is 2. The highest BCUT2D eigenvalue weighted by molar-refractivity contribution is 6.00. The van der Waals surface area contributed by atoms with E-state index in [-0.39, 0.29) is 11.3 Å². The van der Waals surface area contributed by atoms with Crippen LogP contribution in [-0.4, -0.2) is 26.3 Å². The van der Waals surface area contributed by atoms with Crippen molar-refractivity contribution in [3.05, 3.63) is 36.0 Å². The topological polar surface area (TPSA) is 108 Å². The molecular formula is C12H10N4O2. The zero-order valence-electron chi connectivity index (χ0n) is 9.27. The van der Waals surface area contributed by atoms with Crippen LogP contribution in [0.5, 0.6) is 0 Å². The van der Waals surface area contributed by atoms with Crippen molar-refractivity contribution in [1.29, 1.82) is 0 Å². The second-order valence-corrected chi connectivity index (χ2v) is 3.99. The summed E-state index contributed by atoms with van der Waals surface area (Å²) < 4.78 is 0. The van der Waals surface area contributed by atoms with Crippen LogP contribution in [0.3, 0.4) is 0 Å². The minimum atomic E-state index is -1.03. The smallest absolute Gasteiger partial charge is 0.337 e. The van der Waals surface area contributed by atoms with Crippen LogP contribution in [-0.2, 0) is 0 Å². The van der Waals surface area contributed by atoms with Crippen LogP contribution in [0.4, 0.5) is 5.69 Å². The number of carboxylic acids is 1. The third-order valence-electron chi connectivity index (χ3n) is 2.81. The Hall–Kier alpha value is -2.76. The van der Waals surface area contributed by atoms with Crippen LogP contribution >= 0.6 is 0 Å². The van der Waals surface area contributed by atoms with Gasteiger partial charge in [0.1, 0.15) is 0 Å². The number of nitrogens with one attached hydrogen (secondary N) is 2. The van der Waals surface area contributed by atoms with Gasteiger partial charge in [0.05, 0.1) is 17.0 Å². The quantitative estimate of drug-likeness (QED) is 0.514. The number of anilines is 1. The summed E-state index contributed by atoms with van der Waals surface area (Å²) in [5.74, 6) is -1.03. The maximum absolute atomic E-state index is 11.0. The lowest BCUT2D eigenvalue weighted by Gasteiger charge is -2.00. The number of carboxylic acid groups (broad SMARTS) is 1. The third kappa shape index (κ3) is 1.51. The summed E-state index contributed by atoms with van der Waals surface area (Å²) in [6.07, 6.45) is 1.65. The number of aromatic carboxylic acids is 1. The van der Waals surface area contributed by atoms with Crippen molar-refractivity contribution in [2.75, 3.05) is 5.73 Å². The Morgan fingerprint density at radius 2 is 2.11 bits per heavy atom. The molecule has 6 nitrogen and oxygen atoms in total. The van der Waals surface area contributed by atoms with E-state index < -0.39 is 5.97 Å². The number of hydrogen-bond donors (Lipinski definition) is 4. The number of carbonyl (C=O) groups is 1. The van der Waals surface area contributed by atoms with Crippen molar-refractivity contribution < 1.29 is 9.90 Å². The number of fused-ring (bicyclic) bond motifs is 1. The number of hydrogen-bond acceptors (Lipinski definition) is 3. The molecule has 5 N–H and O–H groups in total. The zero-order valence-corrected chi connectivity index (χ0v) is 9.27. The molecule has 90 valence electrons. The summed E-state index contributed by atoms with van der Waals surface area (Å²) in [6, 6.07) is 6.86. The summed E-state index contributed by atoms with van der Waals surface area (Å²) in [5.41, 5.74) is 8.51. The molecule has 0 saturated carbocycles. The molecule has 0 saturated heterocycles. The van der Waals surface area contributed by atoms with E-state index >= 15 is 0 Å². The lowest BCUT2D eigenvalue weighted by Crippen LogP contribution is -2.01. The fourth-order valence-corrected chi connectivity index (χ4v) is 1.93. The molecule has 1 aromatic carbocycles. The average molecular weight is 242 g/mol. The summed E-state index contributed by atoms with van der Waals surface area (Å²) in [4.78, 5) is 14.2. The monoisotopic (exact) mass is 242 g/mol. The maximum Gasteiger partial charge on any atom is 0.337 e. The summed E-state index contributed by atoms with van der Waals surface area (Å²) in [7, 11) is 0. The Bertz CT molecular complexity index is 728. The molecule has 2 aromatic heterocycles. The first-order chi connectivity index (χ1) is 8.65. The minimum Gasteiger partial charge on any atom is -0.478 e. The Labute approximate surface area is 101 Å². The third-order valence-corrected chi connectivity index (χ3v) is 2.81. The molecule has 0 radical (unpaired) electrons. The van der Waals surface area contributed by atoms with Gasteiger partial charge < -0.3 is 15.8 Å². The SMILES string of the molecule is Nc1cc2[nH]c(-c3ccn[nH]3)cc2cc1C(=O)O. The molecule has 2 heterocycles. The van der Waals surface area contributed by atoms with E-state index in [2.05, 4.69) is 15.2 Å². The average Bonchev–Trinajstić information content (AvgIpc) is 2.95. The summed E-state index contributed by atoms with van der Waals surface area (Å²) in [6.45, 7) is 0. The molecule has 6 heteroatoms. The number of benzene rings is 1. The number of aromatic nitrogens is 3. The highest BCUT2D eigenvalue weighted by atomic mass is 16.4. The van der Waals surface area contributed by atoms with Crippen LogP contribution in [0, 0.1) is 0 Å². The second-order valence-electron chi connectivity index (χ2n) is 3.99. The fourth-order valence-electron chi connectivity index (χ4n) is 1.93. The van der Waals surface area contributed by atoms with E-state index in [1.54, 1.807) is 18.3 Å². The van der Waals surface area contributed by atoms with Crippen molar-refractivity contribution >= 4 is 22.6 Å². The molecule has 3 aromatic rings. The minimum absolute atomic E-state index is 0.109. The van der Waals surface area contributed by atoms with Crippen molar-refractivity contribution in [2.24, 2.45) is 0 Å². The fraction of sp³-hybridized carbons (Fsp3) is 0. The van der Waals surface area contributed by atoms with Gasteiger partial charge in [-0.05, 0) is 24.3 Å². The van der Waals surface area contributed by atoms with Crippen LogP contribution in [0.15, 0.2) is 30.5 Å². The molecule has 0 amide bonds. The Kier molecular flexibility index (Phi) is 2.09. The Morgan fingerprint density at radius 1 is 1.28 bits per heavy atom. The lowest BCUT2D eigenvalue weighted by atomic mass is 10.1. The molecule has 0 spiro atoms. The van der Waals surface area contributed by atoms with E-state index in [0.717, 1.165) is 22.3 Å². The molecule has 0 aliphatic carbocycles. The summed E-state index contributed by atoms with van der Waals surface area (Å²) in [5, 5.41) is 16.5. The van der Waals surface area contributed by atoms with E-state index in [4.69, 9.17) is 10.8 Å². The van der Waals surface area contributed by atoms with Gasteiger partial charge in [0.25, 0.3) is 0 Å². The largest absolute Gasteiger partial charge is 0.478 e. The first-order valence-corrected chi connectivity index (χ1v) is 5.30. The van der Waals surface area contributed by atoms with E-state index in [0.29, 0.717) is 0 Å². The predicted molar refractivity (Wildman–Crippen MR) is 67.3 cm³/mol. The summed E-state index contributed by atoms with van der Waals surface area (Å²) >= 11 is 0. The van der Waals surface area contributed by atoms with Crippen LogP contribution < -0.4 is 5.73 Å². The molecule has 0 bridgehead atoms. The number of rotatable bonds is 2. The number of nitrogen functional groups attached to an aromatic ring is 1. The van der Waals surface area contributed by atoms with E-state index in [1.165, 1.54) is 0 Å². The Balaban J connectivity index is 2.21. The van der Waals surface area contributed by atoms with Crippen LogP contribution in [0.2, 0.25) is 0 Å². The standard InChI is InChI=1S/C12H10N4O2/c13-8-5-10-6(3-7(8)12(17)18)4-11(15-10)9-1-2-14-16-9/h1-5,15H,13H2,(H,14,16)(H,17,18). The molecule has 0 fully saturated rings. The molecule has 0 aliphatic rings. The van der Waals surface area contributed by atoms with Gasteiger partial charge in [0.2, 0.25) is 0 Å². The van der Waals surface area contributed by atoms with Crippen molar-refractivity contribution in [3.63, 3.8) is 0 Å². The van der Waals surface area contributed by atoms with Gasteiger partial charge in [0.15, 0.2) is 0 Å². The molecular weight excluding hydrogens is 232 g/mol. The van der Waals surface area contributed by atoms with Crippen molar-refractivity contribution in [2.45, 2.75) is 0 Å². The molecule has 0 aliphatic heterocycles. The number of nitrogens with zero attached hydrogens (tertiary/aromatic N) is 1. The van der Waals surface area contributed by atoms with Crippen molar-refractivity contribution in [3.8, 4) is 11.4 Å². The predicted octanol–water partition coefficient (Wildman–Crippen LogP) is 1.84. The zero-order chi connectivity index (χ0) is 12.7. The van der Waals surface area contributed by atoms with Gasteiger partial charge in [-0.15, -0.1) is 0 Å². The highest BCUT2D eigenvalue weighted by Gasteiger charge is 2.11. The van der Waals surface area contributed by atoms with Crippen LogP contribution in [0.1, 0.15) is 10.4 Å². The number of nitrogens with two attached hydrogens (primary N) is 1. The maximum atomic E-state index is 11.0. The van der Waals surface area contributed by atoms with Crippen molar-refractivity contribution in [1.82, 2.24) is 15.2 Å². The molecule has 0 unspecified atom stereocenters. The molecule has 18 heavy (non-hydrogen) atoms. The van der Waals surface area contributed by atoms with E-state index in [9.17, 15) is 4.79 Å². The second kappa shape index (κ2) is 3.63. The van der Waals surface area contributed by atoms with Gasteiger partial charge in [-0.25, -0.2) is 4.79 Å². The van der Waals surface area contributed by atoms with Gasteiger partial charge in [-0.1, -0.05) is 0 Å². The number of aromatic amines is 2. The van der Waals surface area contributed by atoms with Gasteiger partial charge in [-0.3, -0.25) is 5.10 Å². The van der Waals surface area contributed by atoms with Gasteiger partial charge >= 0.3 is 5.97 Å². The van der Waals surface area contributed by atoms with Crippen LogP contribution in [0.25, 0.3) is 22.3 Å². The molecule has 3 rings (SSSR count). The lowest BCUT2D eigenvalue weighted by molar-refractivity contribution is 0.0698. The first-order valence-electron chi connectivity index (χ1n) is 5.30. The van der Waals surface area contributed by atoms with Gasteiger partial charge in [0, 0.05) is 22.8 Å². The Morgan fingerprint density at radius 3 is 2.78 bits per heavy atom. The van der Waals surface area contributed by atoms with E-state index in [1.807, 2.05) is 12.1 Å². The highest BCUT2D eigenvalue weighted by Crippen LogP contribution is 2.26. The van der Waals surface area contributed by atoms with Gasteiger partial charge in [-0.2, -0.15) is 5.10 Å². The molecule has 0 atom stereocenters.